The molecule has 7 heteroatoms. The topological polar surface area (TPSA) is 66.0 Å². The van der Waals surface area contributed by atoms with Gasteiger partial charge in [0.05, 0.1) is 0 Å². The summed E-state index contributed by atoms with van der Waals surface area (Å²) in [5.74, 6) is 3.12. The van der Waals surface area contributed by atoms with Gasteiger partial charge in [-0.1, -0.05) is 36.4 Å². The van der Waals surface area contributed by atoms with Crippen LogP contribution in [0.1, 0.15) is 24.8 Å². The van der Waals surface area contributed by atoms with Gasteiger partial charge in [-0.2, -0.15) is 0 Å². The lowest BCUT2D eigenvalue weighted by atomic mass is 9.93. The molecule has 0 bridgehead atoms. The fraction of sp³-hybridized carbons (Fsp3) is 0.391. The average molecular weight is 522 g/mol. The van der Waals surface area contributed by atoms with Gasteiger partial charge in [0.15, 0.2) is 5.96 Å². The number of para-hydroxylation sites is 2. The van der Waals surface area contributed by atoms with E-state index in [-0.39, 0.29) is 29.9 Å². The van der Waals surface area contributed by atoms with Crippen LogP contribution >= 0.6 is 24.0 Å². The number of benzene rings is 2. The molecule has 6 nitrogen and oxygen atoms in total. The molecular weight excluding hydrogens is 491 g/mol. The van der Waals surface area contributed by atoms with Gasteiger partial charge in [0, 0.05) is 45.7 Å². The van der Waals surface area contributed by atoms with Gasteiger partial charge in [-0.3, -0.25) is 9.79 Å². The van der Waals surface area contributed by atoms with E-state index in [4.69, 9.17) is 4.74 Å². The molecule has 0 unspecified atom stereocenters. The number of likely N-dealkylation sites (tertiary alicyclic amines) is 1. The molecule has 0 saturated carbocycles. The first-order valence-corrected chi connectivity index (χ1v) is 10.2. The number of amides is 1. The minimum absolute atomic E-state index is 0. The molecule has 0 radical (unpaired) electrons. The number of nitrogens with one attached hydrogen (secondary N) is 2. The van der Waals surface area contributed by atoms with Gasteiger partial charge >= 0.3 is 0 Å². The fourth-order valence-electron chi connectivity index (χ4n) is 3.58. The van der Waals surface area contributed by atoms with Gasteiger partial charge in [0.2, 0.25) is 5.91 Å². The van der Waals surface area contributed by atoms with E-state index < -0.39 is 0 Å². The fourth-order valence-corrected chi connectivity index (χ4v) is 3.58. The van der Waals surface area contributed by atoms with Crippen LogP contribution in [0.15, 0.2) is 59.6 Å². The summed E-state index contributed by atoms with van der Waals surface area (Å²) in [5.41, 5.74) is 1.08. The molecule has 1 fully saturated rings. The number of nitrogens with zero attached hydrogens (tertiary/aromatic N) is 2. The normalized spacial score (nSPS) is 14.6. The number of piperidine rings is 1. The molecule has 3 rings (SSSR count). The number of guanidine groups is 1. The highest BCUT2D eigenvalue weighted by Crippen LogP contribution is 2.25. The van der Waals surface area contributed by atoms with Crippen molar-refractivity contribution >= 4 is 35.8 Å². The summed E-state index contributed by atoms with van der Waals surface area (Å²) in [6.45, 7) is 2.45. The van der Waals surface area contributed by atoms with Gasteiger partial charge in [-0.15, -0.1) is 24.0 Å². The van der Waals surface area contributed by atoms with E-state index >= 15 is 0 Å². The summed E-state index contributed by atoms with van der Waals surface area (Å²) in [6.07, 6.45) is 2.62. The van der Waals surface area contributed by atoms with Crippen molar-refractivity contribution in [2.45, 2.75) is 25.8 Å². The zero-order valence-corrected chi connectivity index (χ0v) is 20.0. The van der Waals surface area contributed by atoms with Gasteiger partial charge in [-0.25, -0.2) is 0 Å². The first kappa shape index (κ1) is 24.0. The van der Waals surface area contributed by atoms with E-state index in [2.05, 4.69) is 26.6 Å². The Morgan fingerprint density at radius 3 is 2.43 bits per heavy atom. The minimum atomic E-state index is 0. The van der Waals surface area contributed by atoms with Crippen LogP contribution in [0, 0.1) is 5.92 Å². The zero-order valence-electron chi connectivity index (χ0n) is 17.6. The molecule has 0 aromatic heterocycles. The highest BCUT2D eigenvalue weighted by atomic mass is 127. The van der Waals surface area contributed by atoms with Crippen molar-refractivity contribution in [2.24, 2.45) is 10.9 Å². The Morgan fingerprint density at radius 1 is 1.10 bits per heavy atom. The number of rotatable bonds is 6. The summed E-state index contributed by atoms with van der Waals surface area (Å²) < 4.78 is 6.05. The van der Waals surface area contributed by atoms with Crippen molar-refractivity contribution in [2.75, 3.05) is 27.2 Å². The van der Waals surface area contributed by atoms with E-state index in [1.165, 1.54) is 0 Å². The SMILES string of the molecule is CN=C(NCc1ccccc1Oc1ccccc1)N1CCC(CC(=O)NC)CC1.I. The third-order valence-electron chi connectivity index (χ3n) is 5.26. The summed E-state index contributed by atoms with van der Waals surface area (Å²) >= 11 is 0. The lowest BCUT2D eigenvalue weighted by molar-refractivity contribution is -0.121. The second-order valence-corrected chi connectivity index (χ2v) is 7.23. The maximum absolute atomic E-state index is 11.6. The number of carbonyl (C=O) groups excluding carboxylic acids is 1. The molecule has 162 valence electrons. The Bertz CT molecular complexity index is 821. The van der Waals surface area contributed by atoms with Crippen LogP contribution in [0.4, 0.5) is 0 Å². The van der Waals surface area contributed by atoms with Crippen molar-refractivity contribution < 1.29 is 9.53 Å². The standard InChI is InChI=1S/C23H30N4O2.HI/c1-24-22(28)16-18-12-14-27(15-13-18)23(25-2)26-17-19-8-6-7-11-21(19)29-20-9-4-3-5-10-20;/h3-11,18H,12-17H2,1-2H3,(H,24,28)(H,25,26);1H. The van der Waals surface area contributed by atoms with E-state index in [9.17, 15) is 4.79 Å². The number of halogens is 1. The third-order valence-corrected chi connectivity index (χ3v) is 5.26. The Hall–Kier alpha value is -2.29. The third kappa shape index (κ3) is 6.90. The molecule has 1 saturated heterocycles. The summed E-state index contributed by atoms with van der Waals surface area (Å²) in [5, 5.41) is 6.18. The highest BCUT2D eigenvalue weighted by Gasteiger charge is 2.23. The molecule has 1 amide bonds. The van der Waals surface area contributed by atoms with Gasteiger partial charge in [0.25, 0.3) is 0 Å². The highest BCUT2D eigenvalue weighted by molar-refractivity contribution is 14.0. The minimum Gasteiger partial charge on any atom is -0.457 e. The monoisotopic (exact) mass is 522 g/mol. The van der Waals surface area contributed by atoms with Gasteiger partial charge in [-0.05, 0) is 37.0 Å². The van der Waals surface area contributed by atoms with Crippen LogP contribution in [0.5, 0.6) is 11.5 Å². The van der Waals surface area contributed by atoms with Crippen LogP contribution in [-0.4, -0.2) is 44.0 Å². The van der Waals surface area contributed by atoms with Crippen molar-refractivity contribution in [3.8, 4) is 11.5 Å². The quantitative estimate of drug-likeness (QED) is 0.342. The van der Waals surface area contributed by atoms with Crippen LogP contribution < -0.4 is 15.4 Å². The Morgan fingerprint density at radius 2 is 1.77 bits per heavy atom. The Labute approximate surface area is 196 Å². The summed E-state index contributed by atoms with van der Waals surface area (Å²) in [6, 6.07) is 17.8. The smallest absolute Gasteiger partial charge is 0.220 e. The van der Waals surface area contributed by atoms with Crippen molar-refractivity contribution in [3.63, 3.8) is 0 Å². The predicted octanol–water partition coefficient (Wildman–Crippen LogP) is 4.02. The lowest BCUT2D eigenvalue weighted by Gasteiger charge is -2.34. The largest absolute Gasteiger partial charge is 0.457 e. The molecule has 0 spiro atoms. The molecule has 0 aliphatic carbocycles. The summed E-state index contributed by atoms with van der Waals surface area (Å²) in [7, 11) is 3.51. The molecule has 1 aliphatic heterocycles. The van der Waals surface area contributed by atoms with E-state index in [0.717, 1.165) is 49.0 Å². The van der Waals surface area contributed by atoms with E-state index in [0.29, 0.717) is 18.9 Å². The molecule has 1 aliphatic rings. The molecule has 2 aromatic carbocycles. The maximum Gasteiger partial charge on any atom is 0.220 e. The number of aliphatic imine (C=N–C) groups is 1. The second kappa shape index (κ2) is 12.4. The zero-order chi connectivity index (χ0) is 20.5. The first-order valence-electron chi connectivity index (χ1n) is 10.2. The van der Waals surface area contributed by atoms with E-state index in [1.807, 2.05) is 55.6 Å². The second-order valence-electron chi connectivity index (χ2n) is 7.23. The molecule has 30 heavy (non-hydrogen) atoms. The maximum atomic E-state index is 11.6. The molecule has 2 aromatic rings. The molecule has 2 N–H and O–H groups in total. The lowest BCUT2D eigenvalue weighted by Crippen LogP contribution is -2.45. The molecule has 1 heterocycles. The first-order chi connectivity index (χ1) is 14.2. The number of hydrogen-bond acceptors (Lipinski definition) is 3. The number of hydrogen-bond donors (Lipinski definition) is 2. The Balaban J connectivity index is 0.00000320. The van der Waals surface area contributed by atoms with Gasteiger partial charge < -0.3 is 20.3 Å². The van der Waals surface area contributed by atoms with Crippen LogP contribution in [0.3, 0.4) is 0 Å². The van der Waals surface area contributed by atoms with Crippen LogP contribution in [0.25, 0.3) is 0 Å². The molecule has 0 atom stereocenters. The number of ether oxygens (including phenoxy) is 1. The van der Waals surface area contributed by atoms with Crippen LogP contribution in [-0.2, 0) is 11.3 Å². The average Bonchev–Trinajstić information content (AvgIpc) is 2.77. The van der Waals surface area contributed by atoms with Gasteiger partial charge in [0.1, 0.15) is 11.5 Å². The summed E-state index contributed by atoms with van der Waals surface area (Å²) in [4.78, 5) is 18.3. The molecular formula is C23H31IN4O2. The Kier molecular flexibility index (Phi) is 9.93. The predicted molar refractivity (Wildman–Crippen MR) is 132 cm³/mol. The van der Waals surface area contributed by atoms with Crippen LogP contribution in [0.2, 0.25) is 0 Å². The number of carbonyl (C=O) groups is 1. The van der Waals surface area contributed by atoms with E-state index in [1.54, 1.807) is 7.05 Å². The van der Waals surface area contributed by atoms with Crippen molar-refractivity contribution in [3.05, 3.63) is 60.2 Å². The van der Waals surface area contributed by atoms with Crippen molar-refractivity contribution in [1.29, 1.82) is 0 Å². The van der Waals surface area contributed by atoms with Crippen molar-refractivity contribution in [1.82, 2.24) is 15.5 Å².